The first-order valence-electron chi connectivity index (χ1n) is 11.8. The highest BCUT2D eigenvalue weighted by atomic mass is 31.2. The third-order valence-corrected chi connectivity index (χ3v) is 18.4. The number of hydrogen-bond donors (Lipinski definition) is 0. The highest BCUT2D eigenvalue weighted by molar-refractivity contribution is 7.58. The monoisotopic (exact) mass is 583 g/mol. The highest BCUT2D eigenvalue weighted by Crippen LogP contribution is 2.57. The molecule has 0 heterocycles. The van der Waals surface area contributed by atoms with E-state index in [2.05, 4.69) is 0 Å². The predicted molar refractivity (Wildman–Crippen MR) is 155 cm³/mol. The van der Waals surface area contributed by atoms with Crippen molar-refractivity contribution in [1.82, 2.24) is 4.90 Å². The summed E-state index contributed by atoms with van der Waals surface area (Å²) in [6.07, 6.45) is 0.0646. The molecule has 0 saturated heterocycles. The van der Waals surface area contributed by atoms with Crippen LogP contribution in [-0.4, -0.2) is 50.7 Å². The summed E-state index contributed by atoms with van der Waals surface area (Å²) in [6, 6.07) is 9.87. The standard InChI is InChI=1S/C21H47NO6P2Si4/c1-31(2,3)25-29(23,26-32(4,5)6)19-22(18-21-16-14-13-15-17-21)20-30(24,27-33(7,8)9)28-34(10,11)12/h13-17H,18-20H2,1-12H3. The minimum atomic E-state index is -3.50. The van der Waals surface area contributed by atoms with E-state index in [0.717, 1.165) is 5.56 Å². The van der Waals surface area contributed by atoms with Gasteiger partial charge in [-0.25, -0.2) is 0 Å². The molecule has 0 aliphatic carbocycles. The second-order valence-electron chi connectivity index (χ2n) is 12.6. The first-order valence-corrected chi connectivity index (χ1v) is 28.8. The van der Waals surface area contributed by atoms with Crippen LogP contribution < -0.4 is 0 Å². The molecule has 1 aromatic carbocycles. The van der Waals surface area contributed by atoms with Crippen molar-refractivity contribution in [2.24, 2.45) is 0 Å². The summed E-state index contributed by atoms with van der Waals surface area (Å²) >= 11 is 0. The quantitative estimate of drug-likeness (QED) is 0.161. The lowest BCUT2D eigenvalue weighted by molar-refractivity contribution is 0.280. The van der Waals surface area contributed by atoms with Crippen molar-refractivity contribution in [3.8, 4) is 0 Å². The third kappa shape index (κ3) is 14.8. The zero-order valence-corrected chi connectivity index (χ0v) is 29.1. The molecule has 1 aromatic rings. The lowest BCUT2D eigenvalue weighted by Crippen LogP contribution is -2.37. The zero-order chi connectivity index (χ0) is 26.6. The van der Waals surface area contributed by atoms with E-state index < -0.39 is 48.5 Å². The smallest absolute Gasteiger partial charge is 0.325 e. The van der Waals surface area contributed by atoms with Gasteiger partial charge in [0.2, 0.25) is 0 Å². The Kier molecular flexibility index (Phi) is 11.2. The normalized spacial score (nSPS) is 14.6. The molecule has 0 aromatic heterocycles. The van der Waals surface area contributed by atoms with Crippen LogP contribution in [-0.2, 0) is 32.5 Å². The molecule has 0 radical (unpaired) electrons. The molecule has 34 heavy (non-hydrogen) atoms. The molecule has 0 bridgehead atoms. The summed E-state index contributed by atoms with van der Waals surface area (Å²) in [5, 5.41) is 0. The van der Waals surface area contributed by atoms with E-state index in [0.29, 0.717) is 6.54 Å². The summed E-state index contributed by atoms with van der Waals surface area (Å²) in [5.41, 5.74) is 1.02. The minimum Gasteiger partial charge on any atom is -0.351 e. The minimum absolute atomic E-state index is 0.0323. The Balaban J connectivity index is 3.44. The van der Waals surface area contributed by atoms with E-state index in [4.69, 9.17) is 16.9 Å². The molecule has 198 valence electrons. The average Bonchev–Trinajstić information content (AvgIpc) is 2.46. The van der Waals surface area contributed by atoms with Gasteiger partial charge in [0.25, 0.3) is 0 Å². The molecule has 13 heteroatoms. The molecule has 0 fully saturated rings. The molecular formula is C21H47NO6P2Si4. The molecule has 0 unspecified atom stereocenters. The lowest BCUT2D eigenvalue weighted by atomic mass is 10.2. The van der Waals surface area contributed by atoms with E-state index in [-0.39, 0.29) is 12.6 Å². The zero-order valence-electron chi connectivity index (χ0n) is 23.3. The topological polar surface area (TPSA) is 74.3 Å². The van der Waals surface area contributed by atoms with Gasteiger partial charge < -0.3 is 16.9 Å². The van der Waals surface area contributed by atoms with Crippen LogP contribution >= 0.6 is 15.2 Å². The van der Waals surface area contributed by atoms with Gasteiger partial charge in [-0.15, -0.1) is 0 Å². The van der Waals surface area contributed by atoms with Crippen LogP contribution in [0.4, 0.5) is 0 Å². The molecule has 0 aliphatic rings. The SMILES string of the molecule is C[Si](C)(C)OP(=O)(CN(Cc1ccccc1)CP(=O)(O[Si](C)(C)C)O[Si](C)(C)C)O[Si](C)(C)C. The molecule has 7 nitrogen and oxygen atoms in total. The van der Waals surface area contributed by atoms with Crippen molar-refractivity contribution in [3.05, 3.63) is 35.9 Å². The van der Waals surface area contributed by atoms with Crippen molar-refractivity contribution < 1.29 is 26.0 Å². The second kappa shape index (κ2) is 11.8. The van der Waals surface area contributed by atoms with Crippen LogP contribution in [0.1, 0.15) is 5.56 Å². The van der Waals surface area contributed by atoms with Crippen LogP contribution in [0.3, 0.4) is 0 Å². The fraction of sp³-hybridized carbons (Fsp3) is 0.714. The summed E-state index contributed by atoms with van der Waals surface area (Å²) in [5.74, 6) is 0. The number of benzene rings is 1. The van der Waals surface area contributed by atoms with Gasteiger partial charge in [0, 0.05) is 6.54 Å². The largest absolute Gasteiger partial charge is 0.351 e. The van der Waals surface area contributed by atoms with Gasteiger partial charge in [-0.1, -0.05) is 30.3 Å². The van der Waals surface area contributed by atoms with Gasteiger partial charge in [-0.3, -0.25) is 14.0 Å². The van der Waals surface area contributed by atoms with Gasteiger partial charge in [0.05, 0.1) is 0 Å². The highest BCUT2D eigenvalue weighted by Gasteiger charge is 2.42. The molecule has 1 rings (SSSR count). The van der Waals surface area contributed by atoms with Crippen LogP contribution in [0.2, 0.25) is 78.6 Å². The molecule has 0 saturated carbocycles. The van der Waals surface area contributed by atoms with E-state index >= 15 is 0 Å². The molecule has 0 N–H and O–H groups in total. The van der Waals surface area contributed by atoms with Gasteiger partial charge in [0.15, 0.2) is 33.3 Å². The average molecular weight is 584 g/mol. The molecule has 0 amide bonds. The van der Waals surface area contributed by atoms with E-state index in [1.165, 1.54) is 0 Å². The summed E-state index contributed by atoms with van der Waals surface area (Å²) in [4.78, 5) is 1.89. The molecular weight excluding hydrogens is 537 g/mol. The Hall–Kier alpha value is 0.348. The maximum absolute atomic E-state index is 14.1. The molecule has 0 spiro atoms. The summed E-state index contributed by atoms with van der Waals surface area (Å²) < 4.78 is 53.1. The van der Waals surface area contributed by atoms with Crippen molar-refractivity contribution in [2.75, 3.05) is 12.6 Å². The third-order valence-electron chi connectivity index (χ3n) is 3.65. The second-order valence-corrected chi connectivity index (χ2v) is 35.5. The Morgan fingerprint density at radius 1 is 0.588 bits per heavy atom. The predicted octanol–water partition coefficient (Wildman–Crippen LogP) is 8.20. The number of hydrogen-bond acceptors (Lipinski definition) is 7. The fourth-order valence-electron chi connectivity index (χ4n) is 3.30. The van der Waals surface area contributed by atoms with E-state index in [1.54, 1.807) is 0 Å². The van der Waals surface area contributed by atoms with Gasteiger partial charge in [0.1, 0.15) is 12.6 Å². The van der Waals surface area contributed by atoms with Crippen molar-refractivity contribution >= 4 is 48.5 Å². The lowest BCUT2D eigenvalue weighted by Gasteiger charge is -2.37. The maximum Gasteiger partial charge on any atom is 0.325 e. The number of rotatable bonds is 14. The Labute approximate surface area is 212 Å². The van der Waals surface area contributed by atoms with Crippen LogP contribution in [0.25, 0.3) is 0 Å². The van der Waals surface area contributed by atoms with E-state index in [9.17, 15) is 9.13 Å². The summed E-state index contributed by atoms with van der Waals surface area (Å²) in [7, 11) is -15.8. The van der Waals surface area contributed by atoms with Crippen molar-refractivity contribution in [1.29, 1.82) is 0 Å². The molecule has 0 atom stereocenters. The summed E-state index contributed by atoms with van der Waals surface area (Å²) in [6.45, 7) is 24.5. The van der Waals surface area contributed by atoms with Gasteiger partial charge in [-0.2, -0.15) is 0 Å². The maximum atomic E-state index is 14.1. The van der Waals surface area contributed by atoms with Crippen LogP contribution in [0.15, 0.2) is 30.3 Å². The number of nitrogens with zero attached hydrogens (tertiary/aromatic N) is 1. The van der Waals surface area contributed by atoms with Crippen LogP contribution in [0, 0.1) is 0 Å². The molecule has 0 aliphatic heterocycles. The van der Waals surface area contributed by atoms with Gasteiger partial charge >= 0.3 is 15.2 Å². The first kappa shape index (κ1) is 32.4. The van der Waals surface area contributed by atoms with E-state index in [1.807, 2.05) is 114 Å². The first-order chi connectivity index (χ1) is 15.0. The van der Waals surface area contributed by atoms with Crippen LogP contribution in [0.5, 0.6) is 0 Å². The Morgan fingerprint density at radius 3 is 1.15 bits per heavy atom. The fourth-order valence-corrected chi connectivity index (χ4v) is 20.1. The van der Waals surface area contributed by atoms with Crippen molar-refractivity contribution in [3.63, 3.8) is 0 Å². The Bertz CT molecular complexity index is 784. The van der Waals surface area contributed by atoms with Gasteiger partial charge in [-0.05, 0) is 84.1 Å². The Morgan fingerprint density at radius 2 is 0.882 bits per heavy atom. The van der Waals surface area contributed by atoms with Crippen molar-refractivity contribution in [2.45, 2.75) is 85.1 Å².